The lowest BCUT2D eigenvalue weighted by atomic mass is 9.80. The predicted molar refractivity (Wildman–Crippen MR) is 243 cm³/mol. The third-order valence-corrected chi connectivity index (χ3v) is 13.7. The predicted octanol–water partition coefficient (Wildman–Crippen LogP) is 16.0. The Kier molecular flexibility index (Phi) is 6.66. The lowest BCUT2D eigenvalue weighted by Gasteiger charge is -2.23. The molecule has 0 atom stereocenters. The summed E-state index contributed by atoms with van der Waals surface area (Å²) in [5.41, 5.74) is 13.2. The van der Waals surface area contributed by atoms with Gasteiger partial charge in [0.25, 0.3) is 0 Å². The van der Waals surface area contributed by atoms with E-state index in [9.17, 15) is 0 Å². The van der Waals surface area contributed by atoms with E-state index in [1.54, 1.807) is 0 Å². The molecule has 0 aliphatic heterocycles. The Labute approximate surface area is 329 Å². The number of hydrogen-bond donors (Lipinski definition) is 0. The molecule has 0 radical (unpaired) electrons. The summed E-state index contributed by atoms with van der Waals surface area (Å²) in [6.07, 6.45) is 0. The maximum atomic E-state index is 2.47. The standard InChI is InChI=1S/C55H36S/c1-55(2)47-28-12-11-21-38(47)45-29-30-48-53(54(45)55)52-40-22-6-5-20-37(40)46(32-49(52)56-48)34-17-13-18-35(31-34)50-41-23-7-9-25-43(41)51(44-26-10-8-24-42(44)50)39-27-14-16-33-15-3-4-19-36(33)39/h3-32H,1-2H3. The SMILES string of the molecule is CC1(C)c2ccccc2-c2ccc3sc4cc(-c5cccc(-c6c7ccccc7c(-c7cccc8ccccc78)c7ccccc67)c5)c5ccccc5c4c3c21. The van der Waals surface area contributed by atoms with Crippen LogP contribution in [0.1, 0.15) is 25.0 Å². The normalized spacial score (nSPS) is 13.3. The van der Waals surface area contributed by atoms with Gasteiger partial charge in [0.1, 0.15) is 0 Å². The number of thiophene rings is 1. The van der Waals surface area contributed by atoms with Crippen LogP contribution < -0.4 is 0 Å². The van der Waals surface area contributed by atoms with E-state index in [0.717, 1.165) is 0 Å². The van der Waals surface area contributed by atoms with E-state index in [4.69, 9.17) is 0 Å². The number of hydrogen-bond acceptors (Lipinski definition) is 1. The van der Waals surface area contributed by atoms with Gasteiger partial charge in [0.2, 0.25) is 0 Å². The first kappa shape index (κ1) is 31.8. The van der Waals surface area contributed by atoms with Crippen LogP contribution in [0.2, 0.25) is 0 Å². The molecule has 0 nitrogen and oxygen atoms in total. The number of fused-ring (bicyclic) bond motifs is 12. The fourth-order valence-electron chi connectivity index (χ4n) is 10.2. The van der Waals surface area contributed by atoms with Crippen molar-refractivity contribution >= 4 is 74.6 Å². The quantitative estimate of drug-likeness (QED) is 0.159. The highest BCUT2D eigenvalue weighted by molar-refractivity contribution is 7.26. The Hall–Kier alpha value is -6.54. The molecule has 1 aliphatic rings. The van der Waals surface area contributed by atoms with E-state index in [1.165, 1.54) is 119 Å². The number of benzene rings is 10. The van der Waals surface area contributed by atoms with Crippen molar-refractivity contribution in [1.29, 1.82) is 0 Å². The number of rotatable bonds is 3. The summed E-state index contributed by atoms with van der Waals surface area (Å²) >= 11 is 1.94. The van der Waals surface area contributed by atoms with Gasteiger partial charge in [0.15, 0.2) is 0 Å². The van der Waals surface area contributed by atoms with Crippen LogP contribution in [0, 0.1) is 0 Å². The molecule has 0 unspecified atom stereocenters. The molecular weight excluding hydrogens is 693 g/mol. The van der Waals surface area contributed by atoms with Crippen LogP contribution in [0.5, 0.6) is 0 Å². The van der Waals surface area contributed by atoms with Gasteiger partial charge in [-0.25, -0.2) is 0 Å². The maximum Gasteiger partial charge on any atom is 0.0368 e. The summed E-state index contributed by atoms with van der Waals surface area (Å²) in [5, 5.41) is 13.1. The molecule has 10 aromatic carbocycles. The summed E-state index contributed by atoms with van der Waals surface area (Å²) < 4.78 is 2.70. The highest BCUT2D eigenvalue weighted by Crippen LogP contribution is 2.55. The minimum absolute atomic E-state index is 0.0811. The van der Waals surface area contributed by atoms with Gasteiger partial charge < -0.3 is 0 Å². The molecular formula is C55H36S. The van der Waals surface area contributed by atoms with Crippen molar-refractivity contribution in [3.8, 4) is 44.5 Å². The summed E-state index contributed by atoms with van der Waals surface area (Å²) in [6.45, 7) is 4.81. The summed E-state index contributed by atoms with van der Waals surface area (Å²) in [5.74, 6) is 0. The zero-order chi connectivity index (χ0) is 37.1. The lowest BCUT2D eigenvalue weighted by Crippen LogP contribution is -2.15. The van der Waals surface area contributed by atoms with E-state index in [2.05, 4.69) is 196 Å². The third kappa shape index (κ3) is 4.35. The highest BCUT2D eigenvalue weighted by atomic mass is 32.1. The molecule has 12 rings (SSSR count). The molecule has 0 saturated heterocycles. The topological polar surface area (TPSA) is 0 Å². The fourth-order valence-corrected chi connectivity index (χ4v) is 11.4. The minimum atomic E-state index is -0.0811. The largest absolute Gasteiger partial charge is 0.135 e. The van der Waals surface area contributed by atoms with Crippen LogP contribution in [0.15, 0.2) is 182 Å². The van der Waals surface area contributed by atoms with E-state index >= 15 is 0 Å². The molecule has 1 aliphatic carbocycles. The van der Waals surface area contributed by atoms with Crippen molar-refractivity contribution in [3.05, 3.63) is 193 Å². The van der Waals surface area contributed by atoms with Gasteiger partial charge in [-0.15, -0.1) is 11.3 Å². The Morgan fingerprint density at radius 3 is 1.70 bits per heavy atom. The van der Waals surface area contributed by atoms with Crippen molar-refractivity contribution in [3.63, 3.8) is 0 Å². The molecule has 56 heavy (non-hydrogen) atoms. The van der Waals surface area contributed by atoms with Crippen LogP contribution in [-0.2, 0) is 5.41 Å². The zero-order valence-corrected chi connectivity index (χ0v) is 32.0. The molecule has 1 heterocycles. The van der Waals surface area contributed by atoms with Crippen molar-refractivity contribution in [2.75, 3.05) is 0 Å². The van der Waals surface area contributed by atoms with E-state index in [1.807, 2.05) is 11.3 Å². The molecule has 262 valence electrons. The summed E-state index contributed by atoms with van der Waals surface area (Å²) in [7, 11) is 0. The molecule has 0 bridgehead atoms. The van der Waals surface area contributed by atoms with Gasteiger partial charge in [-0.05, 0) is 117 Å². The van der Waals surface area contributed by atoms with Gasteiger partial charge in [-0.2, -0.15) is 0 Å². The first-order valence-electron chi connectivity index (χ1n) is 19.6. The lowest BCUT2D eigenvalue weighted by molar-refractivity contribution is 0.667. The van der Waals surface area contributed by atoms with Gasteiger partial charge in [-0.1, -0.05) is 178 Å². The van der Waals surface area contributed by atoms with Crippen molar-refractivity contribution in [2.45, 2.75) is 19.3 Å². The first-order valence-corrected chi connectivity index (χ1v) is 20.4. The molecule has 11 aromatic rings. The average molecular weight is 729 g/mol. The summed E-state index contributed by atoms with van der Waals surface area (Å²) in [6, 6.07) is 68.1. The molecule has 0 saturated carbocycles. The molecule has 0 fully saturated rings. The molecule has 0 amide bonds. The Bertz CT molecular complexity index is 3390. The second kappa shape index (κ2) is 11.7. The van der Waals surface area contributed by atoms with E-state index < -0.39 is 0 Å². The van der Waals surface area contributed by atoms with Crippen LogP contribution in [0.4, 0.5) is 0 Å². The molecule has 0 N–H and O–H groups in total. The van der Waals surface area contributed by atoms with Crippen LogP contribution in [0.3, 0.4) is 0 Å². The Morgan fingerprint density at radius 1 is 0.357 bits per heavy atom. The van der Waals surface area contributed by atoms with Crippen LogP contribution in [0.25, 0.3) is 108 Å². The van der Waals surface area contributed by atoms with Crippen LogP contribution in [-0.4, -0.2) is 0 Å². The van der Waals surface area contributed by atoms with E-state index in [0.29, 0.717) is 0 Å². The van der Waals surface area contributed by atoms with Gasteiger partial charge in [0, 0.05) is 25.6 Å². The van der Waals surface area contributed by atoms with Crippen molar-refractivity contribution < 1.29 is 0 Å². The Morgan fingerprint density at radius 2 is 0.929 bits per heavy atom. The third-order valence-electron chi connectivity index (χ3n) is 12.6. The second-order valence-corrected chi connectivity index (χ2v) is 17.0. The molecule has 1 heteroatoms. The molecule has 0 spiro atoms. The van der Waals surface area contributed by atoms with Gasteiger partial charge >= 0.3 is 0 Å². The van der Waals surface area contributed by atoms with E-state index in [-0.39, 0.29) is 5.41 Å². The van der Waals surface area contributed by atoms with Gasteiger partial charge in [0.05, 0.1) is 0 Å². The fraction of sp³-hybridized carbons (Fsp3) is 0.0545. The van der Waals surface area contributed by atoms with Crippen molar-refractivity contribution in [2.24, 2.45) is 0 Å². The maximum absolute atomic E-state index is 2.47. The van der Waals surface area contributed by atoms with Crippen molar-refractivity contribution in [1.82, 2.24) is 0 Å². The average Bonchev–Trinajstić information content (AvgIpc) is 3.74. The molecule has 1 aromatic heterocycles. The summed E-state index contributed by atoms with van der Waals surface area (Å²) in [4.78, 5) is 0. The van der Waals surface area contributed by atoms with Crippen LogP contribution >= 0.6 is 11.3 Å². The smallest absolute Gasteiger partial charge is 0.0368 e. The van der Waals surface area contributed by atoms with Gasteiger partial charge in [-0.3, -0.25) is 0 Å². The minimum Gasteiger partial charge on any atom is -0.135 e. The zero-order valence-electron chi connectivity index (χ0n) is 31.2. The Balaban J connectivity index is 1.10. The highest BCUT2D eigenvalue weighted by Gasteiger charge is 2.37. The first-order chi connectivity index (χ1) is 27.6. The second-order valence-electron chi connectivity index (χ2n) is 15.9. The monoisotopic (exact) mass is 728 g/mol.